The molecule has 0 amide bonds. The van der Waals surface area contributed by atoms with Crippen LogP contribution in [0.2, 0.25) is 5.02 Å². The van der Waals surface area contributed by atoms with Gasteiger partial charge in [0.2, 0.25) is 0 Å². The zero-order valence-corrected chi connectivity index (χ0v) is 13.0. The lowest BCUT2D eigenvalue weighted by Crippen LogP contribution is -1.85. The van der Waals surface area contributed by atoms with Crippen LogP contribution in [0.1, 0.15) is 0 Å². The fraction of sp³-hybridized carbons (Fsp3) is 0. The maximum absolute atomic E-state index is 6.18. The molecule has 0 aliphatic rings. The highest BCUT2D eigenvalue weighted by atomic mass is 79.9. The number of halogens is 2. The molecule has 0 saturated heterocycles. The Morgan fingerprint density at radius 1 is 0.650 bits per heavy atom. The molecule has 0 bridgehead atoms. The molecule has 0 radical (unpaired) electrons. The maximum Gasteiger partial charge on any atom is 0.0412 e. The van der Waals surface area contributed by atoms with E-state index in [1.54, 1.807) is 0 Å². The van der Waals surface area contributed by atoms with Crippen LogP contribution in [0.15, 0.2) is 77.3 Å². The molecule has 0 saturated carbocycles. The Morgan fingerprint density at radius 2 is 1.40 bits per heavy atom. The van der Waals surface area contributed by atoms with Crippen LogP contribution in [0.5, 0.6) is 0 Å². The van der Waals surface area contributed by atoms with Crippen LogP contribution in [-0.4, -0.2) is 0 Å². The molecule has 0 heterocycles. The van der Waals surface area contributed by atoms with Crippen LogP contribution in [0.3, 0.4) is 0 Å². The monoisotopic (exact) mass is 342 g/mol. The van der Waals surface area contributed by atoms with E-state index in [1.807, 2.05) is 30.3 Å². The number of benzene rings is 3. The number of hydrogen-bond acceptors (Lipinski definition) is 0. The van der Waals surface area contributed by atoms with Crippen molar-refractivity contribution in [2.75, 3.05) is 0 Å². The summed E-state index contributed by atoms with van der Waals surface area (Å²) >= 11 is 9.71. The van der Waals surface area contributed by atoms with Crippen LogP contribution >= 0.6 is 27.5 Å². The fourth-order valence-electron chi connectivity index (χ4n) is 2.28. The first kappa shape index (κ1) is 13.4. The van der Waals surface area contributed by atoms with Gasteiger partial charge in [0.1, 0.15) is 0 Å². The van der Waals surface area contributed by atoms with Gasteiger partial charge in [-0.2, -0.15) is 0 Å². The summed E-state index contributed by atoms with van der Waals surface area (Å²) in [6.07, 6.45) is 0. The molecule has 2 heteroatoms. The van der Waals surface area contributed by atoms with Gasteiger partial charge in [0.05, 0.1) is 0 Å². The second kappa shape index (κ2) is 5.82. The van der Waals surface area contributed by atoms with Crippen molar-refractivity contribution in [3.05, 3.63) is 82.3 Å². The summed E-state index contributed by atoms with van der Waals surface area (Å²) in [6.45, 7) is 0. The summed E-state index contributed by atoms with van der Waals surface area (Å²) in [5.74, 6) is 0. The Bertz CT molecular complexity index is 735. The van der Waals surface area contributed by atoms with E-state index < -0.39 is 0 Å². The molecule has 0 fully saturated rings. The lowest BCUT2D eigenvalue weighted by molar-refractivity contribution is 1.57. The van der Waals surface area contributed by atoms with Crippen molar-refractivity contribution in [1.82, 2.24) is 0 Å². The molecule has 0 aromatic heterocycles. The van der Waals surface area contributed by atoms with E-state index in [4.69, 9.17) is 11.6 Å². The van der Waals surface area contributed by atoms with Crippen molar-refractivity contribution in [3.63, 3.8) is 0 Å². The summed E-state index contributed by atoms with van der Waals surface area (Å²) in [4.78, 5) is 0. The van der Waals surface area contributed by atoms with Crippen molar-refractivity contribution in [2.24, 2.45) is 0 Å². The van der Waals surface area contributed by atoms with Gasteiger partial charge in [-0.25, -0.2) is 0 Å². The average Bonchev–Trinajstić information content (AvgIpc) is 2.48. The third kappa shape index (κ3) is 2.79. The summed E-state index contributed by atoms with van der Waals surface area (Å²) in [5.41, 5.74) is 4.68. The molecular weight excluding hydrogens is 332 g/mol. The van der Waals surface area contributed by atoms with Crippen molar-refractivity contribution >= 4 is 27.5 Å². The number of rotatable bonds is 2. The Kier molecular flexibility index (Phi) is 3.90. The van der Waals surface area contributed by atoms with Crippen molar-refractivity contribution in [1.29, 1.82) is 0 Å². The zero-order chi connectivity index (χ0) is 13.9. The second-order valence-electron chi connectivity index (χ2n) is 4.57. The maximum atomic E-state index is 6.18. The fourth-order valence-corrected chi connectivity index (χ4v) is 2.85. The van der Waals surface area contributed by atoms with Gasteiger partial charge in [-0.15, -0.1) is 0 Å². The molecule has 0 aliphatic heterocycles. The molecule has 20 heavy (non-hydrogen) atoms. The largest absolute Gasteiger partial charge is 0.0843 e. The first-order valence-electron chi connectivity index (χ1n) is 6.35. The Hall–Kier alpha value is -1.57. The van der Waals surface area contributed by atoms with E-state index in [0.29, 0.717) is 0 Å². The topological polar surface area (TPSA) is 0 Å². The van der Waals surface area contributed by atoms with Gasteiger partial charge in [0, 0.05) is 9.50 Å². The lowest BCUT2D eigenvalue weighted by atomic mass is 9.95. The van der Waals surface area contributed by atoms with E-state index in [1.165, 1.54) is 11.1 Å². The molecule has 0 aliphatic carbocycles. The SMILES string of the molecule is Clc1ccc(-c2ccccc2)c(-c2cccc(Br)c2)c1. The third-order valence-corrected chi connectivity index (χ3v) is 3.93. The Balaban J connectivity index is 2.22. The van der Waals surface area contributed by atoms with Gasteiger partial charge in [0.25, 0.3) is 0 Å². The Morgan fingerprint density at radius 3 is 2.15 bits per heavy atom. The van der Waals surface area contributed by atoms with Crippen molar-refractivity contribution in [3.8, 4) is 22.3 Å². The molecular formula is C18H12BrCl. The zero-order valence-electron chi connectivity index (χ0n) is 10.7. The van der Waals surface area contributed by atoms with Gasteiger partial charge in [0.15, 0.2) is 0 Å². The first-order valence-corrected chi connectivity index (χ1v) is 7.52. The van der Waals surface area contributed by atoms with Gasteiger partial charge in [-0.05, 0) is 46.5 Å². The molecule has 0 N–H and O–H groups in total. The minimum Gasteiger partial charge on any atom is -0.0843 e. The minimum atomic E-state index is 0.750. The van der Waals surface area contributed by atoms with Gasteiger partial charge in [-0.1, -0.05) is 76.1 Å². The average molecular weight is 344 g/mol. The van der Waals surface area contributed by atoms with Gasteiger partial charge >= 0.3 is 0 Å². The van der Waals surface area contributed by atoms with Crippen LogP contribution < -0.4 is 0 Å². The predicted octanol–water partition coefficient (Wildman–Crippen LogP) is 6.44. The van der Waals surface area contributed by atoms with Crippen LogP contribution in [0.4, 0.5) is 0 Å². The molecule has 3 aromatic carbocycles. The minimum absolute atomic E-state index is 0.750. The van der Waals surface area contributed by atoms with E-state index in [-0.39, 0.29) is 0 Å². The summed E-state index contributed by atoms with van der Waals surface area (Å²) in [7, 11) is 0. The number of hydrogen-bond donors (Lipinski definition) is 0. The van der Waals surface area contributed by atoms with E-state index in [9.17, 15) is 0 Å². The molecule has 0 spiro atoms. The highest BCUT2D eigenvalue weighted by Crippen LogP contribution is 2.35. The van der Waals surface area contributed by atoms with Gasteiger partial charge < -0.3 is 0 Å². The van der Waals surface area contributed by atoms with Crippen molar-refractivity contribution in [2.45, 2.75) is 0 Å². The smallest absolute Gasteiger partial charge is 0.0412 e. The highest BCUT2D eigenvalue weighted by Gasteiger charge is 2.08. The standard InChI is InChI=1S/C18H12BrCl/c19-15-8-4-7-14(11-15)18-12-16(20)9-10-17(18)13-5-2-1-3-6-13/h1-12H. The lowest BCUT2D eigenvalue weighted by Gasteiger charge is -2.11. The molecule has 3 aromatic rings. The molecule has 98 valence electrons. The summed E-state index contributed by atoms with van der Waals surface area (Å²) < 4.78 is 1.06. The molecule has 0 nitrogen and oxygen atoms in total. The predicted molar refractivity (Wildman–Crippen MR) is 90.0 cm³/mol. The normalized spacial score (nSPS) is 10.5. The van der Waals surface area contributed by atoms with E-state index in [0.717, 1.165) is 20.6 Å². The van der Waals surface area contributed by atoms with Crippen LogP contribution in [-0.2, 0) is 0 Å². The van der Waals surface area contributed by atoms with Crippen LogP contribution in [0.25, 0.3) is 22.3 Å². The van der Waals surface area contributed by atoms with Crippen LogP contribution in [0, 0.1) is 0 Å². The summed E-state index contributed by atoms with van der Waals surface area (Å²) in [6, 6.07) is 24.7. The Labute approximate surface area is 132 Å². The second-order valence-corrected chi connectivity index (χ2v) is 5.92. The van der Waals surface area contributed by atoms with Crippen molar-refractivity contribution < 1.29 is 0 Å². The first-order chi connectivity index (χ1) is 9.74. The third-order valence-electron chi connectivity index (χ3n) is 3.20. The molecule has 0 atom stereocenters. The highest BCUT2D eigenvalue weighted by molar-refractivity contribution is 9.10. The molecule has 3 rings (SSSR count). The van der Waals surface area contributed by atoms with Gasteiger partial charge in [-0.3, -0.25) is 0 Å². The summed E-state index contributed by atoms with van der Waals surface area (Å²) in [5, 5.41) is 0.750. The quantitative estimate of drug-likeness (QED) is 0.502. The molecule has 0 unspecified atom stereocenters. The van der Waals surface area contributed by atoms with E-state index >= 15 is 0 Å². The van der Waals surface area contributed by atoms with E-state index in [2.05, 4.69) is 58.4 Å².